The molecule has 0 saturated heterocycles. The number of hydrogen-bond donors (Lipinski definition) is 2. The third-order valence-corrected chi connectivity index (χ3v) is 3.50. The lowest BCUT2D eigenvalue weighted by Crippen LogP contribution is -1.93. The van der Waals surface area contributed by atoms with Crippen LogP contribution in [0.25, 0.3) is 12.2 Å². The lowest BCUT2D eigenvalue weighted by atomic mass is 10.0. The minimum Gasteiger partial charge on any atom is -0.508 e. The molecular formula is C20H22O3. The minimum atomic E-state index is 0.229. The maximum atomic E-state index is 10.3. The van der Waals surface area contributed by atoms with Gasteiger partial charge in [-0.3, -0.25) is 0 Å². The summed E-state index contributed by atoms with van der Waals surface area (Å²) in [6.45, 7) is 4.05. The number of phenolic OH excluding ortho intramolecular Hbond substituents is 2. The fourth-order valence-electron chi connectivity index (χ4n) is 2.22. The van der Waals surface area contributed by atoms with Gasteiger partial charge in [0.15, 0.2) is 0 Å². The molecule has 2 rings (SSSR count). The first-order chi connectivity index (χ1) is 11.0. The Hall–Kier alpha value is -2.68. The number of rotatable bonds is 5. The Labute approximate surface area is 137 Å². The zero-order valence-corrected chi connectivity index (χ0v) is 13.7. The van der Waals surface area contributed by atoms with Gasteiger partial charge in [0.2, 0.25) is 0 Å². The Balaban J connectivity index is 2.28. The van der Waals surface area contributed by atoms with E-state index in [-0.39, 0.29) is 11.5 Å². The Kier molecular flexibility index (Phi) is 5.47. The summed E-state index contributed by atoms with van der Waals surface area (Å²) < 4.78 is 5.41. The van der Waals surface area contributed by atoms with E-state index in [1.165, 1.54) is 5.57 Å². The SMILES string of the molecule is COc1cc(/C=C/c2ccc(O)cc2)cc(O)c1CC=C(C)C. The average molecular weight is 310 g/mol. The van der Waals surface area contributed by atoms with Crippen molar-refractivity contribution < 1.29 is 14.9 Å². The molecule has 120 valence electrons. The predicted molar refractivity (Wildman–Crippen MR) is 94.8 cm³/mol. The first kappa shape index (κ1) is 16.7. The molecule has 0 amide bonds. The number of phenols is 2. The Bertz CT molecular complexity index is 721. The molecule has 23 heavy (non-hydrogen) atoms. The molecule has 0 saturated carbocycles. The van der Waals surface area contributed by atoms with Crippen LogP contribution in [0.3, 0.4) is 0 Å². The monoisotopic (exact) mass is 310 g/mol. The number of benzene rings is 2. The van der Waals surface area contributed by atoms with E-state index in [4.69, 9.17) is 4.74 Å². The van der Waals surface area contributed by atoms with Crippen molar-refractivity contribution in [3.8, 4) is 17.2 Å². The van der Waals surface area contributed by atoms with Crippen LogP contribution in [0, 0.1) is 0 Å². The summed E-state index contributed by atoms with van der Waals surface area (Å²) in [4.78, 5) is 0. The highest BCUT2D eigenvalue weighted by Gasteiger charge is 2.09. The molecule has 0 unspecified atom stereocenters. The van der Waals surface area contributed by atoms with Crippen molar-refractivity contribution in [1.29, 1.82) is 0 Å². The van der Waals surface area contributed by atoms with E-state index in [1.807, 2.05) is 44.2 Å². The smallest absolute Gasteiger partial charge is 0.126 e. The number of hydrogen-bond acceptors (Lipinski definition) is 3. The van der Waals surface area contributed by atoms with Crippen LogP contribution in [-0.4, -0.2) is 17.3 Å². The lowest BCUT2D eigenvalue weighted by molar-refractivity contribution is 0.401. The second-order valence-electron chi connectivity index (χ2n) is 5.63. The van der Waals surface area contributed by atoms with Gasteiger partial charge in [-0.05, 0) is 55.7 Å². The van der Waals surface area contributed by atoms with Gasteiger partial charge < -0.3 is 14.9 Å². The molecule has 0 spiro atoms. The van der Waals surface area contributed by atoms with Gasteiger partial charge in [-0.25, -0.2) is 0 Å². The van der Waals surface area contributed by atoms with E-state index in [0.29, 0.717) is 12.2 Å². The van der Waals surface area contributed by atoms with Crippen molar-refractivity contribution in [2.45, 2.75) is 20.3 Å². The fraction of sp³-hybridized carbons (Fsp3) is 0.200. The van der Waals surface area contributed by atoms with Crippen molar-refractivity contribution in [2.75, 3.05) is 7.11 Å². The van der Waals surface area contributed by atoms with Gasteiger partial charge in [0, 0.05) is 5.56 Å². The molecule has 3 heteroatoms. The second-order valence-corrected chi connectivity index (χ2v) is 5.63. The van der Waals surface area contributed by atoms with Gasteiger partial charge in [0.25, 0.3) is 0 Å². The van der Waals surface area contributed by atoms with Crippen LogP contribution < -0.4 is 4.74 Å². The zero-order chi connectivity index (χ0) is 16.8. The van der Waals surface area contributed by atoms with E-state index < -0.39 is 0 Å². The summed E-state index contributed by atoms with van der Waals surface area (Å²) >= 11 is 0. The number of ether oxygens (including phenoxy) is 1. The molecule has 2 aromatic carbocycles. The van der Waals surface area contributed by atoms with Crippen LogP contribution in [0.4, 0.5) is 0 Å². The van der Waals surface area contributed by atoms with E-state index in [2.05, 4.69) is 6.08 Å². The summed E-state index contributed by atoms with van der Waals surface area (Å²) in [5.41, 5.74) is 3.81. The Morgan fingerprint density at radius 3 is 2.26 bits per heavy atom. The fourth-order valence-corrected chi connectivity index (χ4v) is 2.22. The molecule has 0 aliphatic carbocycles. The third kappa shape index (κ3) is 4.65. The molecule has 0 aromatic heterocycles. The van der Waals surface area contributed by atoms with Crippen molar-refractivity contribution in [2.24, 2.45) is 0 Å². The highest BCUT2D eigenvalue weighted by atomic mass is 16.5. The topological polar surface area (TPSA) is 49.7 Å². The first-order valence-corrected chi connectivity index (χ1v) is 7.50. The van der Waals surface area contributed by atoms with Gasteiger partial charge in [0.1, 0.15) is 17.2 Å². The standard InChI is InChI=1S/C20H22O3/c1-14(2)4-11-18-19(22)12-16(13-20(18)23-3)6-5-15-7-9-17(21)10-8-15/h4-10,12-13,21-22H,11H2,1-3H3/b6-5+. The van der Waals surface area contributed by atoms with Crippen LogP contribution in [0.2, 0.25) is 0 Å². The Morgan fingerprint density at radius 1 is 1.00 bits per heavy atom. The second kappa shape index (κ2) is 7.54. The van der Waals surface area contributed by atoms with Crippen LogP contribution in [0.1, 0.15) is 30.5 Å². The molecule has 0 heterocycles. The summed E-state index contributed by atoms with van der Waals surface area (Å²) in [5, 5.41) is 19.6. The zero-order valence-electron chi connectivity index (χ0n) is 13.7. The van der Waals surface area contributed by atoms with E-state index in [1.54, 1.807) is 25.3 Å². The molecule has 3 nitrogen and oxygen atoms in total. The number of methoxy groups -OCH3 is 1. The van der Waals surface area contributed by atoms with Gasteiger partial charge in [-0.15, -0.1) is 0 Å². The normalized spacial score (nSPS) is 10.7. The van der Waals surface area contributed by atoms with E-state index in [0.717, 1.165) is 16.7 Å². The molecule has 2 N–H and O–H groups in total. The van der Waals surface area contributed by atoms with Crippen LogP contribution >= 0.6 is 0 Å². The van der Waals surface area contributed by atoms with Crippen molar-refractivity contribution in [1.82, 2.24) is 0 Å². The molecule has 0 atom stereocenters. The van der Waals surface area contributed by atoms with Crippen molar-refractivity contribution >= 4 is 12.2 Å². The quantitative estimate of drug-likeness (QED) is 0.617. The highest BCUT2D eigenvalue weighted by molar-refractivity contribution is 5.72. The number of allylic oxidation sites excluding steroid dienone is 2. The molecule has 0 fully saturated rings. The summed E-state index contributed by atoms with van der Waals surface area (Å²) in [5.74, 6) is 1.14. The molecule has 2 aromatic rings. The maximum Gasteiger partial charge on any atom is 0.126 e. The average Bonchev–Trinajstić information content (AvgIpc) is 2.52. The van der Waals surface area contributed by atoms with Gasteiger partial charge in [-0.1, -0.05) is 35.9 Å². The highest BCUT2D eigenvalue weighted by Crippen LogP contribution is 2.31. The molecule has 0 aliphatic rings. The van der Waals surface area contributed by atoms with Gasteiger partial charge in [-0.2, -0.15) is 0 Å². The molecular weight excluding hydrogens is 288 g/mol. The summed E-state index contributed by atoms with van der Waals surface area (Å²) in [6.07, 6.45) is 6.52. The van der Waals surface area contributed by atoms with Crippen LogP contribution in [0.5, 0.6) is 17.2 Å². The molecule has 0 radical (unpaired) electrons. The largest absolute Gasteiger partial charge is 0.508 e. The first-order valence-electron chi connectivity index (χ1n) is 7.50. The van der Waals surface area contributed by atoms with Crippen LogP contribution in [0.15, 0.2) is 48.0 Å². The molecule has 0 aliphatic heterocycles. The van der Waals surface area contributed by atoms with Crippen LogP contribution in [-0.2, 0) is 6.42 Å². The van der Waals surface area contributed by atoms with E-state index >= 15 is 0 Å². The lowest BCUT2D eigenvalue weighted by Gasteiger charge is -2.10. The summed E-state index contributed by atoms with van der Waals surface area (Å²) in [6, 6.07) is 10.6. The third-order valence-electron chi connectivity index (χ3n) is 3.50. The predicted octanol–water partition coefficient (Wildman–Crippen LogP) is 4.79. The van der Waals surface area contributed by atoms with Crippen molar-refractivity contribution in [3.05, 3.63) is 64.7 Å². The Morgan fingerprint density at radius 2 is 1.65 bits per heavy atom. The summed E-state index contributed by atoms with van der Waals surface area (Å²) in [7, 11) is 1.61. The van der Waals surface area contributed by atoms with Gasteiger partial charge >= 0.3 is 0 Å². The minimum absolute atomic E-state index is 0.229. The van der Waals surface area contributed by atoms with Gasteiger partial charge in [0.05, 0.1) is 7.11 Å². The number of aromatic hydroxyl groups is 2. The van der Waals surface area contributed by atoms with Crippen molar-refractivity contribution in [3.63, 3.8) is 0 Å². The molecule has 0 bridgehead atoms. The van der Waals surface area contributed by atoms with E-state index in [9.17, 15) is 10.2 Å². The maximum absolute atomic E-state index is 10.3.